The predicted molar refractivity (Wildman–Crippen MR) is 76.8 cm³/mol. The predicted octanol–water partition coefficient (Wildman–Crippen LogP) is -0.150. The zero-order valence-electron chi connectivity index (χ0n) is 12.9. The monoisotopic (exact) mass is 293 g/mol. The number of rotatable bonds is 5. The molecule has 0 bridgehead atoms. The topological polar surface area (TPSA) is 63.5 Å². The molecule has 2 aliphatic rings. The van der Waals surface area contributed by atoms with Crippen LogP contribution in [0.3, 0.4) is 0 Å². The van der Waals surface area contributed by atoms with E-state index in [0.29, 0.717) is 12.6 Å². The van der Waals surface area contributed by atoms with Gasteiger partial charge in [0, 0.05) is 52.5 Å². The van der Waals surface area contributed by atoms with E-state index in [1.54, 1.807) is 11.8 Å². The molecule has 7 heteroatoms. The smallest absolute Gasteiger partial charge is 0.236 e. The van der Waals surface area contributed by atoms with Gasteiger partial charge in [0.15, 0.2) is 0 Å². The van der Waals surface area contributed by atoms with E-state index in [4.69, 9.17) is 4.74 Å². The molecule has 116 valence electrons. The lowest BCUT2D eigenvalue weighted by Crippen LogP contribution is -2.38. The average Bonchev–Trinajstić information content (AvgIpc) is 3.10. The number of hydrogen-bond acceptors (Lipinski definition) is 5. The van der Waals surface area contributed by atoms with Gasteiger partial charge in [-0.25, -0.2) is 0 Å². The highest BCUT2D eigenvalue weighted by molar-refractivity contribution is 5.78. The average molecular weight is 293 g/mol. The number of methoxy groups -OCH3 is 1. The molecule has 1 aromatic heterocycles. The van der Waals surface area contributed by atoms with Crippen molar-refractivity contribution in [2.24, 2.45) is 7.05 Å². The number of likely N-dealkylation sites (N-methyl/N-ethyl adjacent to an activating group) is 1. The Morgan fingerprint density at radius 2 is 2.24 bits per heavy atom. The minimum atomic E-state index is 0.0701. The fourth-order valence-corrected chi connectivity index (χ4v) is 3.01. The zero-order valence-corrected chi connectivity index (χ0v) is 12.9. The van der Waals surface area contributed by atoms with Crippen LogP contribution in [0.2, 0.25) is 0 Å². The molecule has 1 aliphatic carbocycles. The summed E-state index contributed by atoms with van der Waals surface area (Å²) in [5.74, 6) is 0.384. The van der Waals surface area contributed by atoms with Gasteiger partial charge < -0.3 is 9.64 Å². The molecule has 1 saturated heterocycles. The molecule has 2 atom stereocenters. The summed E-state index contributed by atoms with van der Waals surface area (Å²) in [5, 5.41) is 8.19. The summed E-state index contributed by atoms with van der Waals surface area (Å²) < 4.78 is 7.28. The van der Waals surface area contributed by atoms with Gasteiger partial charge in [0.05, 0.1) is 18.3 Å². The van der Waals surface area contributed by atoms with Crippen molar-refractivity contribution in [2.45, 2.75) is 30.9 Å². The van der Waals surface area contributed by atoms with E-state index in [1.807, 2.05) is 25.2 Å². The number of aromatic nitrogens is 3. The number of carbonyl (C=O) groups excluding carboxylic acids is 1. The first-order chi connectivity index (χ1) is 10.1. The number of amides is 1. The van der Waals surface area contributed by atoms with E-state index in [9.17, 15) is 4.79 Å². The van der Waals surface area contributed by atoms with E-state index >= 15 is 0 Å². The first-order valence-corrected chi connectivity index (χ1v) is 7.45. The van der Waals surface area contributed by atoms with Crippen molar-refractivity contribution >= 4 is 5.91 Å². The van der Waals surface area contributed by atoms with Crippen molar-refractivity contribution in [1.29, 1.82) is 0 Å². The summed E-state index contributed by atoms with van der Waals surface area (Å²) in [6.07, 6.45) is 4.29. The largest absolute Gasteiger partial charge is 0.379 e. The lowest BCUT2D eigenvalue weighted by Gasteiger charge is -2.21. The highest BCUT2D eigenvalue weighted by Gasteiger charge is 2.38. The summed E-state index contributed by atoms with van der Waals surface area (Å²) in [5.41, 5.74) is 0.940. The van der Waals surface area contributed by atoms with E-state index in [2.05, 4.69) is 15.2 Å². The molecule has 7 nitrogen and oxygen atoms in total. The van der Waals surface area contributed by atoms with Crippen LogP contribution in [0.25, 0.3) is 0 Å². The van der Waals surface area contributed by atoms with Gasteiger partial charge in [-0.15, -0.1) is 5.10 Å². The molecule has 3 rings (SSSR count). The zero-order chi connectivity index (χ0) is 15.0. The number of carbonyl (C=O) groups is 1. The van der Waals surface area contributed by atoms with Gasteiger partial charge in [-0.05, 0) is 12.8 Å². The van der Waals surface area contributed by atoms with Crippen LogP contribution < -0.4 is 0 Å². The van der Waals surface area contributed by atoms with Gasteiger partial charge in [0.1, 0.15) is 0 Å². The molecular formula is C14H23N5O2. The normalized spacial score (nSPS) is 26.2. The van der Waals surface area contributed by atoms with Crippen molar-refractivity contribution in [3.63, 3.8) is 0 Å². The molecule has 2 fully saturated rings. The van der Waals surface area contributed by atoms with Gasteiger partial charge >= 0.3 is 0 Å². The van der Waals surface area contributed by atoms with Crippen LogP contribution in [-0.4, -0.2) is 76.6 Å². The summed E-state index contributed by atoms with van der Waals surface area (Å²) in [6, 6.07) is 0.467. The van der Waals surface area contributed by atoms with E-state index < -0.39 is 0 Å². The lowest BCUT2D eigenvalue weighted by molar-refractivity contribution is -0.131. The maximum absolute atomic E-state index is 12.2. The second-order valence-electron chi connectivity index (χ2n) is 6.13. The Kier molecular flexibility index (Phi) is 3.95. The first-order valence-electron chi connectivity index (χ1n) is 7.45. The standard InChI is InChI=1S/C14H23N5O2/c1-17-7-12(15-16-17)11-6-19(8-13(11)21-3)9-14(20)18(2)10-4-5-10/h7,10-11,13H,4-6,8-9H2,1-3H3/t11-,13+/m0/s1. The molecule has 2 heterocycles. The van der Waals surface area contributed by atoms with Crippen LogP contribution in [0.5, 0.6) is 0 Å². The van der Waals surface area contributed by atoms with Crippen molar-refractivity contribution in [2.75, 3.05) is 33.8 Å². The van der Waals surface area contributed by atoms with Gasteiger partial charge in [-0.3, -0.25) is 14.4 Å². The Morgan fingerprint density at radius 3 is 2.81 bits per heavy atom. The third kappa shape index (κ3) is 3.08. The molecular weight excluding hydrogens is 270 g/mol. The Morgan fingerprint density at radius 1 is 1.48 bits per heavy atom. The molecule has 0 aromatic carbocycles. The second-order valence-corrected chi connectivity index (χ2v) is 6.13. The summed E-state index contributed by atoms with van der Waals surface area (Å²) in [7, 11) is 5.48. The third-order valence-electron chi connectivity index (χ3n) is 4.49. The number of ether oxygens (including phenoxy) is 1. The molecule has 0 N–H and O–H groups in total. The van der Waals surface area contributed by atoms with Gasteiger partial charge in [0.2, 0.25) is 5.91 Å². The summed E-state index contributed by atoms with van der Waals surface area (Å²) in [6.45, 7) is 2.02. The minimum Gasteiger partial charge on any atom is -0.379 e. The summed E-state index contributed by atoms with van der Waals surface area (Å²) in [4.78, 5) is 16.3. The van der Waals surface area contributed by atoms with Crippen LogP contribution in [-0.2, 0) is 16.6 Å². The summed E-state index contributed by atoms with van der Waals surface area (Å²) >= 11 is 0. The number of nitrogens with zero attached hydrogens (tertiary/aromatic N) is 5. The number of likely N-dealkylation sites (tertiary alicyclic amines) is 1. The fraction of sp³-hybridized carbons (Fsp3) is 0.786. The van der Waals surface area contributed by atoms with Gasteiger partial charge in [0.25, 0.3) is 0 Å². The molecule has 1 aliphatic heterocycles. The second kappa shape index (κ2) is 5.73. The van der Waals surface area contributed by atoms with Crippen LogP contribution >= 0.6 is 0 Å². The molecule has 21 heavy (non-hydrogen) atoms. The van der Waals surface area contributed by atoms with Crippen LogP contribution in [0.1, 0.15) is 24.5 Å². The van der Waals surface area contributed by atoms with Crippen molar-refractivity contribution < 1.29 is 9.53 Å². The molecule has 1 saturated carbocycles. The van der Waals surface area contributed by atoms with E-state index in [0.717, 1.165) is 31.6 Å². The quantitative estimate of drug-likeness (QED) is 0.755. The van der Waals surface area contributed by atoms with Crippen molar-refractivity contribution in [1.82, 2.24) is 24.8 Å². The number of aryl methyl sites for hydroxylation is 1. The molecule has 1 amide bonds. The van der Waals surface area contributed by atoms with Crippen LogP contribution in [0.15, 0.2) is 6.20 Å². The molecule has 0 unspecified atom stereocenters. The lowest BCUT2D eigenvalue weighted by atomic mass is 10.0. The molecule has 1 aromatic rings. The molecule has 0 radical (unpaired) electrons. The first kappa shape index (κ1) is 14.5. The highest BCUT2D eigenvalue weighted by Crippen LogP contribution is 2.29. The van der Waals surface area contributed by atoms with Crippen LogP contribution in [0.4, 0.5) is 0 Å². The minimum absolute atomic E-state index is 0.0701. The van der Waals surface area contributed by atoms with Gasteiger partial charge in [-0.2, -0.15) is 0 Å². The Bertz CT molecular complexity index is 513. The fourth-order valence-electron chi connectivity index (χ4n) is 3.01. The highest BCUT2D eigenvalue weighted by atomic mass is 16.5. The SMILES string of the molecule is CO[C@@H]1CN(CC(=O)N(C)C2CC2)C[C@H]1c1cn(C)nn1. The van der Waals surface area contributed by atoms with Gasteiger partial charge in [-0.1, -0.05) is 5.21 Å². The Labute approximate surface area is 124 Å². The maximum atomic E-state index is 12.2. The Hall–Kier alpha value is -1.47. The van der Waals surface area contributed by atoms with E-state index in [1.165, 1.54) is 0 Å². The third-order valence-corrected chi connectivity index (χ3v) is 4.49. The van der Waals surface area contributed by atoms with E-state index in [-0.39, 0.29) is 17.9 Å². The number of hydrogen-bond donors (Lipinski definition) is 0. The van der Waals surface area contributed by atoms with Crippen molar-refractivity contribution in [3.05, 3.63) is 11.9 Å². The van der Waals surface area contributed by atoms with Crippen LogP contribution in [0, 0.1) is 0 Å². The molecule has 0 spiro atoms. The van der Waals surface area contributed by atoms with Crippen molar-refractivity contribution in [3.8, 4) is 0 Å². The maximum Gasteiger partial charge on any atom is 0.236 e. The Balaban J connectivity index is 1.62.